The van der Waals surface area contributed by atoms with E-state index < -0.39 is 0 Å². The molecule has 2 fully saturated rings. The third-order valence-electron chi connectivity index (χ3n) is 4.45. The summed E-state index contributed by atoms with van der Waals surface area (Å²) in [5.41, 5.74) is 0. The number of hydrogen-bond donors (Lipinski definition) is 1. The first kappa shape index (κ1) is 22.3. The van der Waals surface area contributed by atoms with Crippen LogP contribution in [0.1, 0.15) is 27.2 Å². The molecule has 0 amide bonds. The summed E-state index contributed by atoms with van der Waals surface area (Å²) in [7, 11) is 0. The van der Waals surface area contributed by atoms with Crippen molar-refractivity contribution in [1.29, 1.82) is 0 Å². The number of nitrogens with zero attached hydrogens (tertiary/aromatic N) is 3. The van der Waals surface area contributed by atoms with Gasteiger partial charge in [0.25, 0.3) is 0 Å². The minimum Gasteiger partial charge on any atom is -0.379 e. The predicted octanol–water partition coefficient (Wildman–Crippen LogP) is 2.37. The van der Waals surface area contributed by atoms with E-state index in [2.05, 4.69) is 47.6 Å². The molecule has 0 radical (unpaired) electrons. The lowest BCUT2D eigenvalue weighted by atomic mass is 10.1. The molecule has 0 aromatic carbocycles. The van der Waals surface area contributed by atoms with Gasteiger partial charge in [0.05, 0.1) is 13.2 Å². The topological polar surface area (TPSA) is 40.1 Å². The molecule has 2 aliphatic heterocycles. The number of thioether (sulfide) groups is 1. The van der Waals surface area contributed by atoms with Crippen molar-refractivity contribution in [1.82, 2.24) is 15.1 Å². The second-order valence-corrected chi connectivity index (χ2v) is 7.97. The van der Waals surface area contributed by atoms with E-state index in [9.17, 15) is 0 Å². The number of ether oxygens (including phenoxy) is 1. The number of rotatable bonds is 6. The number of nitrogens with one attached hydrogen (secondary N) is 1. The SMILES string of the molecule is CCNC(=NCC(C)CN1CCOCC1)N1CCSC(CC)C1.I. The lowest BCUT2D eigenvalue weighted by molar-refractivity contribution is 0.0323. The van der Waals surface area contributed by atoms with Gasteiger partial charge in [-0.25, -0.2) is 0 Å². The molecule has 2 aliphatic rings. The number of guanidine groups is 1. The fraction of sp³-hybridized carbons (Fsp3) is 0.941. The maximum atomic E-state index is 5.42. The van der Waals surface area contributed by atoms with E-state index in [1.54, 1.807) is 0 Å². The number of halogens is 1. The van der Waals surface area contributed by atoms with Crippen molar-refractivity contribution in [2.45, 2.75) is 32.4 Å². The van der Waals surface area contributed by atoms with Gasteiger partial charge in [-0.15, -0.1) is 24.0 Å². The van der Waals surface area contributed by atoms with Gasteiger partial charge in [0.2, 0.25) is 0 Å². The van der Waals surface area contributed by atoms with Gasteiger partial charge in [0.15, 0.2) is 5.96 Å². The first-order valence-electron chi connectivity index (χ1n) is 9.17. The molecule has 0 bridgehead atoms. The van der Waals surface area contributed by atoms with Gasteiger partial charge in [0, 0.05) is 56.8 Å². The Bertz CT molecular complexity index is 366. The molecule has 1 N–H and O–H groups in total. The van der Waals surface area contributed by atoms with Gasteiger partial charge >= 0.3 is 0 Å². The van der Waals surface area contributed by atoms with Crippen molar-refractivity contribution in [3.8, 4) is 0 Å². The molecule has 0 aromatic heterocycles. The van der Waals surface area contributed by atoms with Crippen molar-refractivity contribution in [3.05, 3.63) is 0 Å². The molecular weight excluding hydrogens is 435 g/mol. The van der Waals surface area contributed by atoms with Gasteiger partial charge in [-0.3, -0.25) is 9.89 Å². The molecule has 2 atom stereocenters. The highest BCUT2D eigenvalue weighted by atomic mass is 127. The van der Waals surface area contributed by atoms with Crippen LogP contribution in [0.2, 0.25) is 0 Å². The highest BCUT2D eigenvalue weighted by Gasteiger charge is 2.21. The van der Waals surface area contributed by atoms with E-state index in [1.165, 1.54) is 12.2 Å². The molecule has 0 spiro atoms. The lowest BCUT2D eigenvalue weighted by Gasteiger charge is -2.34. The molecule has 2 unspecified atom stereocenters. The minimum atomic E-state index is 0. The van der Waals surface area contributed by atoms with Gasteiger partial charge < -0.3 is 15.0 Å². The second-order valence-electron chi connectivity index (χ2n) is 6.56. The van der Waals surface area contributed by atoms with Crippen LogP contribution >= 0.6 is 35.7 Å². The van der Waals surface area contributed by atoms with Crippen molar-refractivity contribution >= 4 is 41.7 Å². The number of aliphatic imine (C=N–C) groups is 1. The van der Waals surface area contributed by atoms with Crippen LogP contribution in [0.3, 0.4) is 0 Å². The first-order valence-corrected chi connectivity index (χ1v) is 10.2. The third kappa shape index (κ3) is 7.66. The number of morpholine rings is 1. The largest absolute Gasteiger partial charge is 0.379 e. The highest BCUT2D eigenvalue weighted by molar-refractivity contribution is 14.0. The molecule has 0 aliphatic carbocycles. The predicted molar refractivity (Wildman–Crippen MR) is 116 cm³/mol. The molecule has 142 valence electrons. The summed E-state index contributed by atoms with van der Waals surface area (Å²) < 4.78 is 5.42. The van der Waals surface area contributed by atoms with E-state index in [0.717, 1.165) is 70.2 Å². The van der Waals surface area contributed by atoms with Gasteiger partial charge in [-0.05, 0) is 19.3 Å². The van der Waals surface area contributed by atoms with Crippen molar-refractivity contribution < 1.29 is 4.74 Å². The normalized spacial score (nSPS) is 24.4. The smallest absolute Gasteiger partial charge is 0.193 e. The first-order chi connectivity index (χ1) is 11.2. The Morgan fingerprint density at radius 3 is 2.71 bits per heavy atom. The lowest BCUT2D eigenvalue weighted by Crippen LogP contribution is -2.48. The van der Waals surface area contributed by atoms with Gasteiger partial charge in [0.1, 0.15) is 0 Å². The molecule has 5 nitrogen and oxygen atoms in total. The molecule has 2 saturated heterocycles. The van der Waals surface area contributed by atoms with Crippen molar-refractivity contribution in [2.75, 3.05) is 64.8 Å². The summed E-state index contributed by atoms with van der Waals surface area (Å²) in [6.07, 6.45) is 1.24. The van der Waals surface area contributed by atoms with E-state index in [0.29, 0.717) is 5.92 Å². The van der Waals surface area contributed by atoms with Crippen LogP contribution in [-0.4, -0.2) is 85.8 Å². The summed E-state index contributed by atoms with van der Waals surface area (Å²) in [5.74, 6) is 2.91. The van der Waals surface area contributed by atoms with E-state index in [-0.39, 0.29) is 24.0 Å². The van der Waals surface area contributed by atoms with E-state index in [4.69, 9.17) is 9.73 Å². The van der Waals surface area contributed by atoms with Crippen LogP contribution in [0.4, 0.5) is 0 Å². The minimum absolute atomic E-state index is 0. The Balaban J connectivity index is 0.00000288. The fourth-order valence-corrected chi connectivity index (χ4v) is 4.29. The summed E-state index contributed by atoms with van der Waals surface area (Å²) in [5, 5.41) is 4.24. The van der Waals surface area contributed by atoms with Gasteiger partial charge in [-0.2, -0.15) is 11.8 Å². The zero-order chi connectivity index (χ0) is 16.5. The summed E-state index contributed by atoms with van der Waals surface area (Å²) in [6, 6.07) is 0. The second kappa shape index (κ2) is 12.6. The zero-order valence-corrected chi connectivity index (χ0v) is 18.6. The van der Waals surface area contributed by atoms with E-state index in [1.807, 2.05) is 0 Å². The average Bonchev–Trinajstić information content (AvgIpc) is 2.59. The van der Waals surface area contributed by atoms with Crippen LogP contribution in [0.25, 0.3) is 0 Å². The van der Waals surface area contributed by atoms with Crippen LogP contribution < -0.4 is 5.32 Å². The molecule has 0 saturated carbocycles. The van der Waals surface area contributed by atoms with Crippen LogP contribution in [0, 0.1) is 5.92 Å². The number of hydrogen-bond acceptors (Lipinski definition) is 4. The highest BCUT2D eigenvalue weighted by Crippen LogP contribution is 2.21. The van der Waals surface area contributed by atoms with E-state index >= 15 is 0 Å². The Morgan fingerprint density at radius 1 is 1.29 bits per heavy atom. The summed E-state index contributed by atoms with van der Waals surface area (Å²) in [4.78, 5) is 9.89. The van der Waals surface area contributed by atoms with Gasteiger partial charge in [-0.1, -0.05) is 13.8 Å². The summed E-state index contributed by atoms with van der Waals surface area (Å²) >= 11 is 2.11. The standard InChI is InChI=1S/C17H34N4OS.HI/c1-4-16-14-21(8-11-23-16)17(18-5-2)19-12-15(3)13-20-6-9-22-10-7-20;/h15-16H,4-14H2,1-3H3,(H,18,19);1H. The molecule has 2 heterocycles. The monoisotopic (exact) mass is 470 g/mol. The maximum Gasteiger partial charge on any atom is 0.193 e. The van der Waals surface area contributed by atoms with Crippen LogP contribution in [0.5, 0.6) is 0 Å². The van der Waals surface area contributed by atoms with Crippen LogP contribution in [0.15, 0.2) is 4.99 Å². The van der Waals surface area contributed by atoms with Crippen LogP contribution in [-0.2, 0) is 4.74 Å². The molecule has 0 aromatic rings. The van der Waals surface area contributed by atoms with Crippen molar-refractivity contribution in [2.24, 2.45) is 10.9 Å². The maximum absolute atomic E-state index is 5.42. The quantitative estimate of drug-likeness (QED) is 0.367. The fourth-order valence-electron chi connectivity index (χ4n) is 3.11. The average molecular weight is 470 g/mol. The third-order valence-corrected chi connectivity index (χ3v) is 5.83. The zero-order valence-electron chi connectivity index (χ0n) is 15.5. The Hall–Kier alpha value is 0.270. The Morgan fingerprint density at radius 2 is 2.04 bits per heavy atom. The summed E-state index contributed by atoms with van der Waals surface area (Å²) in [6.45, 7) is 15.9. The Labute approximate surface area is 169 Å². The molecule has 7 heteroatoms. The molecule has 2 rings (SSSR count). The molecular formula is C17H35IN4OS. The Kier molecular flexibility index (Phi) is 11.7. The molecule has 24 heavy (non-hydrogen) atoms. The van der Waals surface area contributed by atoms with Crippen molar-refractivity contribution in [3.63, 3.8) is 0 Å².